The van der Waals surface area contributed by atoms with Crippen molar-refractivity contribution in [1.82, 2.24) is 5.32 Å². The van der Waals surface area contributed by atoms with Gasteiger partial charge in [0.15, 0.2) is 0 Å². The van der Waals surface area contributed by atoms with Gasteiger partial charge in [0, 0.05) is 12.1 Å². The van der Waals surface area contributed by atoms with Crippen molar-refractivity contribution in [1.29, 1.82) is 0 Å². The van der Waals surface area contributed by atoms with Gasteiger partial charge >= 0.3 is 5.97 Å². The van der Waals surface area contributed by atoms with Crippen molar-refractivity contribution in [2.75, 3.05) is 34.5 Å². The Hall–Kier alpha value is -1.90. The number of methoxy groups -OCH3 is 3. The third-order valence-electron chi connectivity index (χ3n) is 4.27. The molecule has 156 valence electrons. The molecule has 2 N–H and O–H groups in total. The van der Waals surface area contributed by atoms with Crippen molar-refractivity contribution >= 4 is 27.7 Å². The zero-order chi connectivity index (χ0) is 21.3. The normalized spacial score (nSPS) is 12.6. The average molecular weight is 458 g/mol. The molecule has 0 fully saturated rings. The number of ether oxygens (including phenoxy) is 3. The first kappa shape index (κ1) is 24.1. The zero-order valence-corrected chi connectivity index (χ0v) is 18.5. The Labute approximate surface area is 174 Å². The number of esters is 1. The minimum atomic E-state index is -0.721. The third-order valence-corrected chi connectivity index (χ3v) is 4.89. The van der Waals surface area contributed by atoms with Crippen molar-refractivity contribution < 1.29 is 28.9 Å². The summed E-state index contributed by atoms with van der Waals surface area (Å²) < 4.78 is 15.8. The maximum Gasteiger partial charge on any atom is 0.341 e. The van der Waals surface area contributed by atoms with Crippen LogP contribution >= 0.6 is 15.9 Å². The molecule has 0 saturated heterocycles. The molecule has 0 aliphatic heterocycles. The summed E-state index contributed by atoms with van der Waals surface area (Å²) in [5.74, 6) is -0.171. The maximum atomic E-state index is 13.0. The minimum Gasteiger partial charge on any atom is -0.496 e. The second-order valence-corrected chi connectivity index (χ2v) is 7.26. The van der Waals surface area contributed by atoms with Gasteiger partial charge < -0.3 is 24.6 Å². The van der Waals surface area contributed by atoms with Gasteiger partial charge in [0.2, 0.25) is 5.78 Å². The molecule has 0 aliphatic carbocycles. The fourth-order valence-corrected chi connectivity index (χ4v) is 3.06. The van der Waals surface area contributed by atoms with Gasteiger partial charge in [-0.05, 0) is 40.9 Å². The molecule has 0 radical (unpaired) electrons. The van der Waals surface area contributed by atoms with Crippen molar-refractivity contribution in [3.8, 4) is 11.5 Å². The van der Waals surface area contributed by atoms with Gasteiger partial charge in [-0.1, -0.05) is 19.9 Å². The number of aliphatic hydroxyl groups is 1. The summed E-state index contributed by atoms with van der Waals surface area (Å²) in [5.41, 5.74) is 0.139. The Kier molecular flexibility index (Phi) is 10.2. The Morgan fingerprint density at radius 1 is 1.18 bits per heavy atom. The largest absolute Gasteiger partial charge is 0.496 e. The van der Waals surface area contributed by atoms with Crippen LogP contribution in [0.15, 0.2) is 28.3 Å². The Morgan fingerprint density at radius 2 is 1.82 bits per heavy atom. The summed E-state index contributed by atoms with van der Waals surface area (Å²) in [6.07, 6.45) is 1.95. The molecule has 7 nitrogen and oxygen atoms in total. The van der Waals surface area contributed by atoms with Crippen LogP contribution < -0.4 is 14.8 Å². The number of carbonyl (C=O) groups excluding carboxylic acids is 2. The highest BCUT2D eigenvalue weighted by atomic mass is 79.9. The second-order valence-electron chi connectivity index (χ2n) is 6.40. The quantitative estimate of drug-likeness (QED) is 0.132. The number of carbonyl (C=O) groups is 2. The fourth-order valence-electron chi connectivity index (χ4n) is 2.56. The molecular weight excluding hydrogens is 430 g/mol. The predicted octanol–water partition coefficient (Wildman–Crippen LogP) is 2.75. The van der Waals surface area contributed by atoms with Gasteiger partial charge in [-0.15, -0.1) is 0 Å². The SMILES string of the molecule is COC(=O)/C(=C\CCN[C@H](CO)C(C)C)C(=O)c1cc(Br)c(OC)cc1OC. The summed E-state index contributed by atoms with van der Waals surface area (Å²) in [6.45, 7) is 4.52. The molecule has 0 bridgehead atoms. The predicted molar refractivity (Wildman–Crippen MR) is 110 cm³/mol. The summed E-state index contributed by atoms with van der Waals surface area (Å²) in [5, 5.41) is 12.6. The molecule has 1 rings (SSSR count). The Balaban J connectivity index is 3.09. The van der Waals surface area contributed by atoms with E-state index in [1.807, 2.05) is 13.8 Å². The lowest BCUT2D eigenvalue weighted by Crippen LogP contribution is -2.37. The van der Waals surface area contributed by atoms with E-state index in [0.29, 0.717) is 23.2 Å². The molecule has 0 aliphatic rings. The number of benzene rings is 1. The van der Waals surface area contributed by atoms with Crippen LogP contribution in [0.4, 0.5) is 0 Å². The van der Waals surface area contributed by atoms with Crippen LogP contribution in [0.2, 0.25) is 0 Å². The fraction of sp³-hybridized carbons (Fsp3) is 0.500. The molecular formula is C20H28BrNO6. The van der Waals surface area contributed by atoms with Crippen LogP contribution in [0.1, 0.15) is 30.6 Å². The van der Waals surface area contributed by atoms with E-state index in [1.165, 1.54) is 27.4 Å². The molecule has 0 spiro atoms. The summed E-state index contributed by atoms with van der Waals surface area (Å²) >= 11 is 3.34. The standard InChI is InChI=1S/C20H28BrNO6/c1-12(2)16(11-23)22-8-6-7-13(20(25)28-5)19(24)14-9-15(21)18(27-4)10-17(14)26-3/h7,9-10,12,16,22-23H,6,8,11H2,1-5H3/b13-7-/t16-/m1/s1. The molecule has 0 saturated carbocycles. The van der Waals surface area contributed by atoms with E-state index in [9.17, 15) is 14.7 Å². The van der Waals surface area contributed by atoms with E-state index < -0.39 is 11.8 Å². The molecule has 8 heteroatoms. The zero-order valence-electron chi connectivity index (χ0n) is 16.9. The molecule has 0 aromatic heterocycles. The smallest absolute Gasteiger partial charge is 0.341 e. The highest BCUT2D eigenvalue weighted by molar-refractivity contribution is 9.10. The van der Waals surface area contributed by atoms with Crippen LogP contribution in [-0.2, 0) is 9.53 Å². The lowest BCUT2D eigenvalue weighted by molar-refractivity contribution is -0.135. The highest BCUT2D eigenvalue weighted by Gasteiger charge is 2.25. The van der Waals surface area contributed by atoms with Crippen LogP contribution in [0.25, 0.3) is 0 Å². The van der Waals surface area contributed by atoms with Gasteiger partial charge in [-0.3, -0.25) is 4.79 Å². The first-order valence-electron chi connectivity index (χ1n) is 8.89. The van der Waals surface area contributed by atoms with E-state index in [4.69, 9.17) is 14.2 Å². The molecule has 0 unspecified atom stereocenters. The topological polar surface area (TPSA) is 94.1 Å². The van der Waals surface area contributed by atoms with E-state index in [0.717, 1.165) is 0 Å². The van der Waals surface area contributed by atoms with Crippen molar-refractivity contribution in [2.24, 2.45) is 5.92 Å². The highest BCUT2D eigenvalue weighted by Crippen LogP contribution is 2.34. The molecule has 0 heterocycles. The van der Waals surface area contributed by atoms with Crippen LogP contribution in [-0.4, -0.2) is 57.4 Å². The van der Waals surface area contributed by atoms with Crippen molar-refractivity contribution in [2.45, 2.75) is 26.3 Å². The van der Waals surface area contributed by atoms with Crippen molar-refractivity contribution in [3.05, 3.63) is 33.8 Å². The Morgan fingerprint density at radius 3 is 2.32 bits per heavy atom. The lowest BCUT2D eigenvalue weighted by Gasteiger charge is -2.19. The number of rotatable bonds is 11. The van der Waals surface area contributed by atoms with Gasteiger partial charge in [0.05, 0.1) is 38.0 Å². The number of nitrogens with one attached hydrogen (secondary N) is 1. The van der Waals surface area contributed by atoms with Gasteiger partial charge in [-0.2, -0.15) is 0 Å². The van der Waals surface area contributed by atoms with Gasteiger partial charge in [-0.25, -0.2) is 4.79 Å². The number of ketones is 1. The summed E-state index contributed by atoms with van der Waals surface area (Å²) in [7, 11) is 4.17. The van der Waals surface area contributed by atoms with Crippen molar-refractivity contribution in [3.63, 3.8) is 0 Å². The number of hydrogen-bond donors (Lipinski definition) is 2. The molecule has 0 amide bonds. The third kappa shape index (κ3) is 6.32. The summed E-state index contributed by atoms with van der Waals surface area (Å²) in [6, 6.07) is 3.07. The summed E-state index contributed by atoms with van der Waals surface area (Å²) in [4.78, 5) is 25.2. The molecule has 28 heavy (non-hydrogen) atoms. The number of Topliss-reactive ketones (excluding diaryl/α,β-unsaturated/α-hetero) is 1. The van der Waals surface area contributed by atoms with E-state index >= 15 is 0 Å². The monoisotopic (exact) mass is 457 g/mol. The number of halogens is 1. The van der Waals surface area contributed by atoms with E-state index in [-0.39, 0.29) is 35.5 Å². The maximum absolute atomic E-state index is 13.0. The minimum absolute atomic E-state index is 0.0151. The van der Waals surface area contributed by atoms with Gasteiger partial charge in [0.25, 0.3) is 0 Å². The van der Waals surface area contributed by atoms with E-state index in [1.54, 1.807) is 12.1 Å². The van der Waals surface area contributed by atoms with Gasteiger partial charge in [0.1, 0.15) is 17.1 Å². The number of aliphatic hydroxyl groups excluding tert-OH is 1. The molecule has 1 atom stereocenters. The average Bonchev–Trinajstić information content (AvgIpc) is 2.69. The molecule has 1 aromatic rings. The number of hydrogen-bond acceptors (Lipinski definition) is 7. The first-order chi connectivity index (χ1) is 13.3. The molecule has 1 aromatic carbocycles. The van der Waals surface area contributed by atoms with Crippen LogP contribution in [0, 0.1) is 5.92 Å². The van der Waals surface area contributed by atoms with Crippen LogP contribution in [0.3, 0.4) is 0 Å². The first-order valence-corrected chi connectivity index (χ1v) is 9.68. The Bertz CT molecular complexity index is 717. The van der Waals surface area contributed by atoms with E-state index in [2.05, 4.69) is 21.2 Å². The lowest BCUT2D eigenvalue weighted by atomic mass is 10.0. The van der Waals surface area contributed by atoms with Crippen LogP contribution in [0.5, 0.6) is 11.5 Å². The second kappa shape index (κ2) is 11.8.